The largest absolute Gasteiger partial charge is 0.396 e. The molecule has 1 heterocycles. The number of hydrogen-bond acceptors (Lipinski definition) is 1. The SMILES string of the molecule is OCCc1c[nH]c2c(Cl)cccc12. The average molecular weight is 196 g/mol. The lowest BCUT2D eigenvalue weighted by Crippen LogP contribution is -1.87. The van der Waals surface area contributed by atoms with Crippen LogP contribution in [0.15, 0.2) is 24.4 Å². The zero-order valence-corrected chi connectivity index (χ0v) is 7.80. The van der Waals surface area contributed by atoms with Gasteiger partial charge < -0.3 is 10.1 Å². The van der Waals surface area contributed by atoms with Crippen LogP contribution in [0, 0.1) is 0 Å². The molecule has 0 saturated heterocycles. The Bertz CT molecular complexity index is 422. The van der Waals surface area contributed by atoms with Gasteiger partial charge in [0, 0.05) is 18.2 Å². The summed E-state index contributed by atoms with van der Waals surface area (Å²) >= 11 is 5.98. The fraction of sp³-hybridized carbons (Fsp3) is 0.200. The molecule has 0 atom stereocenters. The van der Waals surface area contributed by atoms with Crippen LogP contribution in [0.5, 0.6) is 0 Å². The van der Waals surface area contributed by atoms with E-state index in [0.717, 1.165) is 21.5 Å². The molecule has 0 amide bonds. The van der Waals surface area contributed by atoms with E-state index in [0.29, 0.717) is 6.42 Å². The van der Waals surface area contributed by atoms with Crippen LogP contribution in [0.2, 0.25) is 5.02 Å². The highest BCUT2D eigenvalue weighted by Crippen LogP contribution is 2.25. The molecular weight excluding hydrogens is 186 g/mol. The molecule has 3 heteroatoms. The normalized spacial score (nSPS) is 10.9. The fourth-order valence-corrected chi connectivity index (χ4v) is 1.73. The van der Waals surface area contributed by atoms with Crippen LogP contribution in [0.3, 0.4) is 0 Å². The Labute approximate surface area is 81.1 Å². The molecule has 0 fully saturated rings. The van der Waals surface area contributed by atoms with Gasteiger partial charge in [0.25, 0.3) is 0 Å². The van der Waals surface area contributed by atoms with Crippen molar-refractivity contribution < 1.29 is 5.11 Å². The summed E-state index contributed by atoms with van der Waals surface area (Å²) in [7, 11) is 0. The van der Waals surface area contributed by atoms with Crippen molar-refractivity contribution in [3.8, 4) is 0 Å². The second-order valence-corrected chi connectivity index (χ2v) is 3.36. The lowest BCUT2D eigenvalue weighted by Gasteiger charge is -1.95. The van der Waals surface area contributed by atoms with Crippen molar-refractivity contribution in [2.75, 3.05) is 6.61 Å². The molecule has 68 valence electrons. The van der Waals surface area contributed by atoms with E-state index in [1.54, 1.807) is 0 Å². The lowest BCUT2D eigenvalue weighted by atomic mass is 10.1. The molecule has 1 aromatic carbocycles. The predicted molar refractivity (Wildman–Crippen MR) is 54.1 cm³/mol. The van der Waals surface area contributed by atoms with Crippen LogP contribution in [-0.4, -0.2) is 16.7 Å². The van der Waals surface area contributed by atoms with Gasteiger partial charge in [-0.1, -0.05) is 23.7 Å². The van der Waals surface area contributed by atoms with E-state index in [4.69, 9.17) is 16.7 Å². The Balaban J connectivity index is 2.61. The van der Waals surface area contributed by atoms with Gasteiger partial charge in [0.15, 0.2) is 0 Å². The zero-order valence-electron chi connectivity index (χ0n) is 7.05. The van der Waals surface area contributed by atoms with E-state index in [-0.39, 0.29) is 6.61 Å². The number of aliphatic hydroxyl groups is 1. The summed E-state index contributed by atoms with van der Waals surface area (Å²) in [5.74, 6) is 0. The molecule has 2 N–H and O–H groups in total. The van der Waals surface area contributed by atoms with Crippen molar-refractivity contribution >= 4 is 22.5 Å². The van der Waals surface area contributed by atoms with Gasteiger partial charge in [0.1, 0.15) is 0 Å². The molecule has 0 aliphatic rings. The topological polar surface area (TPSA) is 36.0 Å². The zero-order chi connectivity index (χ0) is 9.26. The highest BCUT2D eigenvalue weighted by atomic mass is 35.5. The second-order valence-electron chi connectivity index (χ2n) is 2.95. The number of hydrogen-bond donors (Lipinski definition) is 2. The molecule has 13 heavy (non-hydrogen) atoms. The number of aliphatic hydroxyl groups excluding tert-OH is 1. The minimum absolute atomic E-state index is 0.166. The number of fused-ring (bicyclic) bond motifs is 1. The van der Waals surface area contributed by atoms with Crippen LogP contribution in [0.4, 0.5) is 0 Å². The summed E-state index contributed by atoms with van der Waals surface area (Å²) in [5.41, 5.74) is 2.06. The van der Waals surface area contributed by atoms with E-state index >= 15 is 0 Å². The van der Waals surface area contributed by atoms with Crippen LogP contribution in [-0.2, 0) is 6.42 Å². The Hall–Kier alpha value is -0.990. The number of nitrogens with one attached hydrogen (secondary N) is 1. The maximum Gasteiger partial charge on any atom is 0.0647 e. The maximum absolute atomic E-state index is 8.82. The third-order valence-electron chi connectivity index (χ3n) is 2.13. The van der Waals surface area contributed by atoms with E-state index < -0.39 is 0 Å². The van der Waals surface area contributed by atoms with Crippen molar-refractivity contribution in [1.29, 1.82) is 0 Å². The summed E-state index contributed by atoms with van der Waals surface area (Å²) in [6.07, 6.45) is 2.56. The first-order valence-corrected chi connectivity index (χ1v) is 4.56. The molecular formula is C10H10ClNO. The van der Waals surface area contributed by atoms with Crippen LogP contribution in [0.1, 0.15) is 5.56 Å². The Morgan fingerprint density at radius 2 is 2.23 bits per heavy atom. The van der Waals surface area contributed by atoms with Gasteiger partial charge in [-0.15, -0.1) is 0 Å². The smallest absolute Gasteiger partial charge is 0.0647 e. The minimum Gasteiger partial charge on any atom is -0.396 e. The molecule has 0 radical (unpaired) electrons. The number of rotatable bonds is 2. The molecule has 2 nitrogen and oxygen atoms in total. The minimum atomic E-state index is 0.166. The molecule has 2 aromatic rings. The van der Waals surface area contributed by atoms with Gasteiger partial charge >= 0.3 is 0 Å². The van der Waals surface area contributed by atoms with Gasteiger partial charge in [-0.05, 0) is 18.1 Å². The molecule has 0 saturated carbocycles. The monoisotopic (exact) mass is 195 g/mol. The van der Waals surface area contributed by atoms with E-state index in [2.05, 4.69) is 4.98 Å². The van der Waals surface area contributed by atoms with Gasteiger partial charge in [0.2, 0.25) is 0 Å². The molecule has 0 aliphatic carbocycles. The fourth-order valence-electron chi connectivity index (χ4n) is 1.50. The third-order valence-corrected chi connectivity index (χ3v) is 2.45. The standard InChI is InChI=1S/C10H10ClNO/c11-9-3-1-2-8-7(4-5-13)6-12-10(8)9/h1-3,6,12-13H,4-5H2. The van der Waals surface area contributed by atoms with Gasteiger partial charge in [0.05, 0.1) is 10.5 Å². The molecule has 0 aliphatic heterocycles. The van der Waals surface area contributed by atoms with E-state index in [9.17, 15) is 0 Å². The van der Waals surface area contributed by atoms with Crippen molar-refractivity contribution in [2.45, 2.75) is 6.42 Å². The van der Waals surface area contributed by atoms with Crippen LogP contribution >= 0.6 is 11.6 Å². The Morgan fingerprint density at radius 1 is 1.38 bits per heavy atom. The Kier molecular flexibility index (Phi) is 2.25. The first-order chi connectivity index (χ1) is 6.33. The maximum atomic E-state index is 8.82. The third kappa shape index (κ3) is 1.43. The van der Waals surface area contributed by atoms with Crippen molar-refractivity contribution in [3.63, 3.8) is 0 Å². The van der Waals surface area contributed by atoms with Crippen molar-refractivity contribution in [3.05, 3.63) is 35.0 Å². The predicted octanol–water partition coefficient (Wildman–Crippen LogP) is 2.36. The highest BCUT2D eigenvalue weighted by Gasteiger charge is 2.04. The van der Waals surface area contributed by atoms with Gasteiger partial charge in [-0.3, -0.25) is 0 Å². The molecule has 2 rings (SSSR count). The summed E-state index contributed by atoms with van der Waals surface area (Å²) < 4.78 is 0. The number of benzene rings is 1. The first-order valence-electron chi connectivity index (χ1n) is 4.18. The quantitative estimate of drug-likeness (QED) is 0.759. The Morgan fingerprint density at radius 3 is 3.00 bits per heavy atom. The van der Waals surface area contributed by atoms with Gasteiger partial charge in [-0.2, -0.15) is 0 Å². The molecule has 0 bridgehead atoms. The van der Waals surface area contributed by atoms with Gasteiger partial charge in [-0.25, -0.2) is 0 Å². The summed E-state index contributed by atoms with van der Waals surface area (Å²) in [4.78, 5) is 3.10. The second kappa shape index (κ2) is 3.40. The number of aromatic nitrogens is 1. The first kappa shape index (κ1) is 8.60. The van der Waals surface area contributed by atoms with E-state index in [1.807, 2.05) is 24.4 Å². The van der Waals surface area contributed by atoms with Crippen LogP contribution < -0.4 is 0 Å². The summed E-state index contributed by atoms with van der Waals surface area (Å²) in [6.45, 7) is 0.166. The molecule has 0 spiro atoms. The van der Waals surface area contributed by atoms with Crippen molar-refractivity contribution in [1.82, 2.24) is 4.98 Å². The van der Waals surface area contributed by atoms with Crippen molar-refractivity contribution in [2.24, 2.45) is 0 Å². The number of H-pyrrole nitrogens is 1. The summed E-state index contributed by atoms with van der Waals surface area (Å²) in [5, 5.41) is 10.6. The molecule has 0 unspecified atom stereocenters. The lowest BCUT2D eigenvalue weighted by molar-refractivity contribution is 0.300. The van der Waals surface area contributed by atoms with Crippen LogP contribution in [0.25, 0.3) is 10.9 Å². The summed E-state index contributed by atoms with van der Waals surface area (Å²) in [6, 6.07) is 5.77. The van der Waals surface area contributed by atoms with E-state index in [1.165, 1.54) is 0 Å². The number of para-hydroxylation sites is 1. The number of aromatic amines is 1. The average Bonchev–Trinajstić information content (AvgIpc) is 2.51. The molecule has 1 aromatic heterocycles. The highest BCUT2D eigenvalue weighted by molar-refractivity contribution is 6.35. The number of halogens is 1.